The molecule has 0 atom stereocenters. The zero-order chi connectivity index (χ0) is 16.5. The second kappa shape index (κ2) is 9.10. The molecule has 0 saturated heterocycles. The maximum Gasteiger partial charge on any atom is 0.271 e. The number of rotatable bonds is 8. The number of anilines is 1. The summed E-state index contributed by atoms with van der Waals surface area (Å²) in [4.78, 5) is 11.8. The van der Waals surface area contributed by atoms with Crippen molar-refractivity contribution in [2.45, 2.75) is 26.2 Å². The van der Waals surface area contributed by atoms with Gasteiger partial charge in [-0.15, -0.1) is 10.2 Å². The lowest BCUT2D eigenvalue weighted by Crippen LogP contribution is -2.25. The topological polar surface area (TPSA) is 66.9 Å². The number of nitrogens with one attached hydrogen (secondary N) is 2. The van der Waals surface area contributed by atoms with Gasteiger partial charge in [0, 0.05) is 18.1 Å². The van der Waals surface area contributed by atoms with E-state index in [0.29, 0.717) is 18.1 Å². The van der Waals surface area contributed by atoms with Gasteiger partial charge in [0.05, 0.1) is 0 Å². The summed E-state index contributed by atoms with van der Waals surface area (Å²) in [5, 5.41) is 14.7. The fraction of sp³-hybridized carbons (Fsp3) is 0.353. The monoisotopic (exact) mass is 332 g/mol. The smallest absolute Gasteiger partial charge is 0.271 e. The molecule has 1 amide bonds. The summed E-state index contributed by atoms with van der Waals surface area (Å²) in [6, 6.07) is 11.2. The van der Waals surface area contributed by atoms with Gasteiger partial charge in [0.1, 0.15) is 5.82 Å². The molecule has 0 aliphatic rings. The summed E-state index contributed by atoms with van der Waals surface area (Å²) in [6.07, 6.45) is 2.87. The molecule has 0 radical (unpaired) electrons. The molecule has 5 nitrogen and oxygen atoms in total. The second-order valence-corrected chi connectivity index (χ2v) is 5.65. The van der Waals surface area contributed by atoms with Crippen LogP contribution in [-0.2, 0) is 6.42 Å². The normalized spacial score (nSPS) is 10.3. The van der Waals surface area contributed by atoms with Crippen LogP contribution in [0.2, 0.25) is 5.02 Å². The maximum absolute atomic E-state index is 11.8. The van der Waals surface area contributed by atoms with Crippen molar-refractivity contribution >= 4 is 23.3 Å². The Kier molecular flexibility index (Phi) is 6.81. The maximum atomic E-state index is 11.8. The summed E-state index contributed by atoms with van der Waals surface area (Å²) in [7, 11) is 0. The first kappa shape index (κ1) is 17.2. The van der Waals surface area contributed by atoms with Gasteiger partial charge in [-0.25, -0.2) is 0 Å². The van der Waals surface area contributed by atoms with Gasteiger partial charge >= 0.3 is 0 Å². The Morgan fingerprint density at radius 3 is 2.52 bits per heavy atom. The van der Waals surface area contributed by atoms with Gasteiger partial charge in [-0.3, -0.25) is 4.79 Å². The highest BCUT2D eigenvalue weighted by Crippen LogP contribution is 2.10. The third-order valence-corrected chi connectivity index (χ3v) is 3.60. The van der Waals surface area contributed by atoms with Gasteiger partial charge in [-0.2, -0.15) is 0 Å². The molecule has 0 saturated carbocycles. The van der Waals surface area contributed by atoms with Crippen molar-refractivity contribution in [3.63, 3.8) is 0 Å². The fourth-order valence-electron chi connectivity index (χ4n) is 2.00. The molecule has 0 aliphatic carbocycles. The van der Waals surface area contributed by atoms with Gasteiger partial charge < -0.3 is 10.6 Å². The van der Waals surface area contributed by atoms with E-state index in [9.17, 15) is 4.79 Å². The molecule has 1 aromatic heterocycles. The van der Waals surface area contributed by atoms with E-state index in [4.69, 9.17) is 11.6 Å². The predicted octanol–water partition coefficient (Wildman–Crippen LogP) is 3.31. The Morgan fingerprint density at radius 2 is 1.87 bits per heavy atom. The van der Waals surface area contributed by atoms with Crippen molar-refractivity contribution in [1.82, 2.24) is 15.5 Å². The van der Waals surface area contributed by atoms with Gasteiger partial charge in [0.2, 0.25) is 0 Å². The van der Waals surface area contributed by atoms with E-state index in [2.05, 4.69) is 27.8 Å². The van der Waals surface area contributed by atoms with Gasteiger partial charge in [0.25, 0.3) is 5.91 Å². The fourth-order valence-corrected chi connectivity index (χ4v) is 2.13. The van der Waals surface area contributed by atoms with Crippen LogP contribution in [0, 0.1) is 0 Å². The van der Waals surface area contributed by atoms with Crippen LogP contribution in [0.3, 0.4) is 0 Å². The lowest BCUT2D eigenvalue weighted by atomic mass is 10.1. The molecule has 1 aromatic carbocycles. The summed E-state index contributed by atoms with van der Waals surface area (Å²) < 4.78 is 0. The molecule has 2 N–H and O–H groups in total. The number of carbonyl (C=O) groups is 1. The van der Waals surface area contributed by atoms with Crippen LogP contribution in [0.1, 0.15) is 35.8 Å². The van der Waals surface area contributed by atoms with E-state index in [1.807, 2.05) is 24.3 Å². The molecule has 2 rings (SSSR count). The number of halogens is 1. The van der Waals surface area contributed by atoms with Crippen LogP contribution < -0.4 is 10.6 Å². The highest BCUT2D eigenvalue weighted by molar-refractivity contribution is 6.30. The Morgan fingerprint density at radius 1 is 1.09 bits per heavy atom. The van der Waals surface area contributed by atoms with E-state index < -0.39 is 0 Å². The van der Waals surface area contributed by atoms with Crippen LogP contribution >= 0.6 is 11.6 Å². The number of benzene rings is 1. The van der Waals surface area contributed by atoms with Crippen LogP contribution in [0.4, 0.5) is 5.82 Å². The lowest BCUT2D eigenvalue weighted by molar-refractivity contribution is 0.0947. The number of hydrogen-bond acceptors (Lipinski definition) is 4. The van der Waals surface area contributed by atoms with Crippen LogP contribution in [0.15, 0.2) is 36.4 Å². The predicted molar refractivity (Wildman–Crippen MR) is 92.9 cm³/mol. The van der Waals surface area contributed by atoms with E-state index in [1.54, 1.807) is 12.1 Å². The first-order valence-electron chi connectivity index (χ1n) is 7.79. The number of carbonyl (C=O) groups excluding carboxylic acids is 1. The molecule has 122 valence electrons. The van der Waals surface area contributed by atoms with Crippen molar-refractivity contribution in [3.8, 4) is 0 Å². The molecular weight excluding hydrogens is 312 g/mol. The van der Waals surface area contributed by atoms with Gasteiger partial charge in [-0.1, -0.05) is 37.1 Å². The molecule has 0 unspecified atom stereocenters. The Balaban J connectivity index is 1.78. The minimum absolute atomic E-state index is 0.182. The van der Waals surface area contributed by atoms with Gasteiger partial charge in [0.15, 0.2) is 5.69 Å². The Bertz CT molecular complexity index is 613. The highest BCUT2D eigenvalue weighted by atomic mass is 35.5. The first-order valence-corrected chi connectivity index (χ1v) is 8.17. The Hall–Kier alpha value is -2.14. The number of nitrogens with zero attached hydrogens (tertiary/aromatic N) is 2. The molecule has 0 aliphatic heterocycles. The van der Waals surface area contributed by atoms with E-state index in [-0.39, 0.29) is 5.91 Å². The van der Waals surface area contributed by atoms with Crippen molar-refractivity contribution in [1.29, 1.82) is 0 Å². The zero-order valence-electron chi connectivity index (χ0n) is 13.2. The average Bonchev–Trinajstić information content (AvgIpc) is 2.57. The van der Waals surface area contributed by atoms with Crippen molar-refractivity contribution in [2.24, 2.45) is 0 Å². The third-order valence-electron chi connectivity index (χ3n) is 3.35. The van der Waals surface area contributed by atoms with E-state index >= 15 is 0 Å². The quantitative estimate of drug-likeness (QED) is 0.728. The number of unbranched alkanes of at least 4 members (excludes halogenated alkanes) is 1. The number of amides is 1. The number of hydrogen-bond donors (Lipinski definition) is 2. The molecule has 0 bridgehead atoms. The van der Waals surface area contributed by atoms with Crippen molar-refractivity contribution in [3.05, 3.63) is 52.7 Å². The van der Waals surface area contributed by atoms with Crippen LogP contribution in [0.25, 0.3) is 0 Å². The SMILES string of the molecule is CCCCNC(=O)c1ccc(NCCc2ccc(Cl)cc2)nn1. The third kappa shape index (κ3) is 5.87. The minimum atomic E-state index is -0.182. The zero-order valence-corrected chi connectivity index (χ0v) is 13.9. The summed E-state index contributed by atoms with van der Waals surface area (Å²) >= 11 is 5.86. The average molecular weight is 333 g/mol. The van der Waals surface area contributed by atoms with Crippen LogP contribution in [0.5, 0.6) is 0 Å². The molecule has 0 spiro atoms. The van der Waals surface area contributed by atoms with Crippen molar-refractivity contribution in [2.75, 3.05) is 18.4 Å². The Labute approximate surface area is 141 Å². The van der Waals surface area contributed by atoms with E-state index in [0.717, 1.165) is 30.8 Å². The van der Waals surface area contributed by atoms with Crippen LogP contribution in [-0.4, -0.2) is 29.2 Å². The molecular formula is C17H21ClN4O. The van der Waals surface area contributed by atoms with Crippen molar-refractivity contribution < 1.29 is 4.79 Å². The number of aromatic nitrogens is 2. The molecule has 0 fully saturated rings. The van der Waals surface area contributed by atoms with E-state index in [1.165, 1.54) is 5.56 Å². The largest absolute Gasteiger partial charge is 0.368 e. The summed E-state index contributed by atoms with van der Waals surface area (Å²) in [6.45, 7) is 3.48. The molecule has 1 heterocycles. The first-order chi connectivity index (χ1) is 11.2. The molecule has 23 heavy (non-hydrogen) atoms. The highest BCUT2D eigenvalue weighted by Gasteiger charge is 2.07. The standard InChI is InChI=1S/C17H21ClN4O/c1-2-3-11-20-17(23)15-8-9-16(22-21-15)19-12-10-13-4-6-14(18)7-5-13/h4-9H,2-3,10-12H2,1H3,(H,19,22)(H,20,23). The second-order valence-electron chi connectivity index (χ2n) is 5.22. The lowest BCUT2D eigenvalue weighted by Gasteiger charge is -2.06. The minimum Gasteiger partial charge on any atom is -0.368 e. The molecule has 6 heteroatoms. The summed E-state index contributed by atoms with van der Waals surface area (Å²) in [5.41, 5.74) is 1.53. The summed E-state index contributed by atoms with van der Waals surface area (Å²) in [5.74, 6) is 0.475. The van der Waals surface area contributed by atoms with Gasteiger partial charge in [-0.05, 0) is 42.7 Å². The molecule has 2 aromatic rings.